The van der Waals surface area contributed by atoms with Gasteiger partial charge in [-0.15, -0.1) is 0 Å². The van der Waals surface area contributed by atoms with Gasteiger partial charge in [0.2, 0.25) is 5.91 Å². The molecule has 0 fully saturated rings. The van der Waals surface area contributed by atoms with E-state index in [-0.39, 0.29) is 29.4 Å². The number of amides is 2. The molecule has 2 N–H and O–H groups in total. The van der Waals surface area contributed by atoms with Crippen LogP contribution in [0.25, 0.3) is 0 Å². The molecule has 0 aromatic heterocycles. The van der Waals surface area contributed by atoms with Gasteiger partial charge in [-0.25, -0.2) is 0 Å². The van der Waals surface area contributed by atoms with Crippen LogP contribution >= 0.6 is 23.2 Å². The first kappa shape index (κ1) is 19.3. The molecule has 1 aliphatic carbocycles. The molecule has 3 atom stereocenters. The van der Waals surface area contributed by atoms with Gasteiger partial charge in [-0.05, 0) is 31.5 Å². The van der Waals surface area contributed by atoms with Crippen LogP contribution in [0.4, 0.5) is 0 Å². The molecule has 2 rings (SSSR count). The Labute approximate surface area is 155 Å². The van der Waals surface area contributed by atoms with Gasteiger partial charge in [0.1, 0.15) is 6.04 Å². The minimum absolute atomic E-state index is 0.267. The van der Waals surface area contributed by atoms with Crippen molar-refractivity contribution in [3.63, 3.8) is 0 Å². The van der Waals surface area contributed by atoms with E-state index in [4.69, 9.17) is 23.2 Å². The summed E-state index contributed by atoms with van der Waals surface area (Å²) >= 11 is 11.7. The van der Waals surface area contributed by atoms with Crippen molar-refractivity contribution in [2.45, 2.75) is 25.4 Å². The van der Waals surface area contributed by atoms with Crippen LogP contribution in [-0.4, -0.2) is 37.0 Å². The smallest absolute Gasteiger partial charge is 0.312 e. The molecule has 1 aromatic rings. The zero-order chi connectivity index (χ0) is 18.6. The van der Waals surface area contributed by atoms with E-state index in [1.54, 1.807) is 19.1 Å². The van der Waals surface area contributed by atoms with Gasteiger partial charge in [-0.3, -0.25) is 14.4 Å². The van der Waals surface area contributed by atoms with Gasteiger partial charge in [-0.1, -0.05) is 35.4 Å². The highest BCUT2D eigenvalue weighted by atomic mass is 35.5. The number of halogens is 2. The van der Waals surface area contributed by atoms with Crippen LogP contribution in [0.1, 0.15) is 23.7 Å². The molecule has 1 aromatic carbocycles. The van der Waals surface area contributed by atoms with Crippen molar-refractivity contribution >= 4 is 41.0 Å². The Hall–Kier alpha value is -2.05. The molecule has 134 valence electrons. The number of nitrogens with one attached hydrogen (secondary N) is 2. The number of hydrogen-bond acceptors (Lipinski definition) is 4. The van der Waals surface area contributed by atoms with Gasteiger partial charge in [0.05, 0.1) is 13.0 Å². The van der Waals surface area contributed by atoms with E-state index in [2.05, 4.69) is 15.4 Å². The summed E-state index contributed by atoms with van der Waals surface area (Å²) in [5.41, 5.74) is 0.267. The van der Waals surface area contributed by atoms with Gasteiger partial charge in [0, 0.05) is 21.7 Å². The highest BCUT2D eigenvalue weighted by molar-refractivity contribution is 6.35. The Balaban J connectivity index is 1.89. The molecule has 0 bridgehead atoms. The Bertz CT molecular complexity index is 700. The molecule has 25 heavy (non-hydrogen) atoms. The lowest BCUT2D eigenvalue weighted by molar-refractivity contribution is -0.144. The van der Waals surface area contributed by atoms with Crippen LogP contribution in [0.2, 0.25) is 10.0 Å². The molecule has 1 aliphatic rings. The topological polar surface area (TPSA) is 84.5 Å². The molecule has 0 heterocycles. The molecule has 6 nitrogen and oxygen atoms in total. The van der Waals surface area contributed by atoms with Crippen molar-refractivity contribution in [2.24, 2.45) is 5.92 Å². The van der Waals surface area contributed by atoms with Gasteiger partial charge < -0.3 is 15.4 Å². The number of rotatable bonds is 5. The Morgan fingerprint density at radius 2 is 1.80 bits per heavy atom. The van der Waals surface area contributed by atoms with E-state index < -0.39 is 11.9 Å². The molecule has 0 spiro atoms. The second-order valence-corrected chi connectivity index (χ2v) is 6.59. The minimum Gasteiger partial charge on any atom is -0.469 e. The summed E-state index contributed by atoms with van der Waals surface area (Å²) in [5, 5.41) is 6.02. The summed E-state index contributed by atoms with van der Waals surface area (Å²) in [6.07, 6.45) is 3.88. The lowest BCUT2D eigenvalue weighted by atomic mass is 10.1. The van der Waals surface area contributed by atoms with Crippen molar-refractivity contribution < 1.29 is 19.1 Å². The molecule has 8 heteroatoms. The summed E-state index contributed by atoms with van der Waals surface area (Å²) in [4.78, 5) is 35.9. The van der Waals surface area contributed by atoms with Crippen LogP contribution < -0.4 is 10.6 Å². The standard InChI is InChI=1S/C17H18Cl2N2O4/c1-9(20-16(23)11-5-12(18)8-13(19)6-11)15(22)21-14-4-3-10(7-14)17(24)25-2/h3-6,8-10,14H,7H2,1-2H3,(H,20,23)(H,21,22)/t9-,10-,14+/m1/s1. The normalized spacial score (nSPS) is 20.0. The highest BCUT2D eigenvalue weighted by Crippen LogP contribution is 2.20. The zero-order valence-corrected chi connectivity index (χ0v) is 15.2. The van der Waals surface area contributed by atoms with E-state index in [1.165, 1.54) is 25.3 Å². The Morgan fingerprint density at radius 1 is 1.16 bits per heavy atom. The van der Waals surface area contributed by atoms with Gasteiger partial charge >= 0.3 is 5.97 Å². The van der Waals surface area contributed by atoms with Crippen molar-refractivity contribution in [1.29, 1.82) is 0 Å². The quantitative estimate of drug-likeness (QED) is 0.602. The molecule has 0 saturated carbocycles. The van der Waals surface area contributed by atoms with Gasteiger partial charge in [-0.2, -0.15) is 0 Å². The molecule has 0 radical (unpaired) electrons. The predicted octanol–water partition coefficient (Wildman–Crippen LogP) is 2.35. The monoisotopic (exact) mass is 384 g/mol. The number of carbonyl (C=O) groups is 3. The van der Waals surface area contributed by atoms with Crippen LogP contribution in [0, 0.1) is 5.92 Å². The maximum Gasteiger partial charge on any atom is 0.312 e. The first-order chi connectivity index (χ1) is 11.8. The van der Waals surface area contributed by atoms with E-state index in [0.29, 0.717) is 16.5 Å². The number of methoxy groups -OCH3 is 1. The third-order valence-electron chi connectivity index (χ3n) is 3.78. The lowest BCUT2D eigenvalue weighted by Crippen LogP contribution is -2.47. The number of hydrogen-bond donors (Lipinski definition) is 2. The van der Waals surface area contributed by atoms with E-state index in [1.807, 2.05) is 0 Å². The van der Waals surface area contributed by atoms with E-state index >= 15 is 0 Å². The zero-order valence-electron chi connectivity index (χ0n) is 13.7. The van der Waals surface area contributed by atoms with E-state index in [0.717, 1.165) is 0 Å². The van der Waals surface area contributed by atoms with Crippen LogP contribution in [0.5, 0.6) is 0 Å². The summed E-state index contributed by atoms with van der Waals surface area (Å²) in [6, 6.07) is 3.40. The second-order valence-electron chi connectivity index (χ2n) is 5.72. The van der Waals surface area contributed by atoms with Crippen molar-refractivity contribution in [2.75, 3.05) is 7.11 Å². The SMILES string of the molecule is COC(=O)[C@@H]1C=C[C@H](NC(=O)[C@@H](C)NC(=O)c2cc(Cl)cc(Cl)c2)C1. The summed E-state index contributed by atoms with van der Waals surface area (Å²) < 4.78 is 4.67. The fourth-order valence-electron chi connectivity index (χ4n) is 2.47. The summed E-state index contributed by atoms with van der Waals surface area (Å²) in [6.45, 7) is 1.57. The van der Waals surface area contributed by atoms with Crippen molar-refractivity contribution in [1.82, 2.24) is 10.6 Å². The first-order valence-corrected chi connectivity index (χ1v) is 8.39. The molecule has 2 amide bonds. The second kappa shape index (κ2) is 8.36. The maximum absolute atomic E-state index is 12.2. The average molecular weight is 385 g/mol. The highest BCUT2D eigenvalue weighted by Gasteiger charge is 2.28. The maximum atomic E-state index is 12.2. The number of benzene rings is 1. The molecule has 0 aliphatic heterocycles. The molecular weight excluding hydrogens is 367 g/mol. The number of ether oxygens (including phenoxy) is 1. The van der Waals surface area contributed by atoms with Crippen molar-refractivity contribution in [3.8, 4) is 0 Å². The fraction of sp³-hybridized carbons (Fsp3) is 0.353. The van der Waals surface area contributed by atoms with E-state index in [9.17, 15) is 14.4 Å². The number of carbonyl (C=O) groups excluding carboxylic acids is 3. The van der Waals surface area contributed by atoms with Crippen LogP contribution in [-0.2, 0) is 14.3 Å². The third kappa shape index (κ3) is 5.21. The minimum atomic E-state index is -0.768. The Morgan fingerprint density at radius 3 is 2.40 bits per heavy atom. The summed E-state index contributed by atoms with van der Waals surface area (Å²) in [7, 11) is 1.32. The van der Waals surface area contributed by atoms with Gasteiger partial charge in [0.25, 0.3) is 5.91 Å². The summed E-state index contributed by atoms with van der Waals surface area (Å²) in [5.74, 6) is -1.52. The first-order valence-electron chi connectivity index (χ1n) is 7.63. The predicted molar refractivity (Wildman–Crippen MR) is 94.6 cm³/mol. The van der Waals surface area contributed by atoms with Crippen molar-refractivity contribution in [3.05, 3.63) is 46.0 Å². The molecule has 0 unspecified atom stereocenters. The third-order valence-corrected chi connectivity index (χ3v) is 4.22. The lowest BCUT2D eigenvalue weighted by Gasteiger charge is -2.18. The molecular formula is C17H18Cl2N2O4. The molecule has 0 saturated heterocycles. The fourth-order valence-corrected chi connectivity index (χ4v) is 3.00. The van der Waals surface area contributed by atoms with Gasteiger partial charge in [0.15, 0.2) is 0 Å². The number of esters is 1. The van der Waals surface area contributed by atoms with Crippen LogP contribution in [0.15, 0.2) is 30.4 Å². The largest absolute Gasteiger partial charge is 0.469 e. The Kier molecular flexibility index (Phi) is 6.45. The average Bonchev–Trinajstić information content (AvgIpc) is 3.01. The van der Waals surface area contributed by atoms with Crippen LogP contribution in [0.3, 0.4) is 0 Å².